The molecule has 0 aromatic heterocycles. The van der Waals surface area contributed by atoms with Crippen LogP contribution in [0.15, 0.2) is 82.1 Å². The first-order valence-electron chi connectivity index (χ1n) is 8.47. The zero-order chi connectivity index (χ0) is 18.4. The third-order valence-corrected chi connectivity index (χ3v) is 6.15. The van der Waals surface area contributed by atoms with Crippen molar-refractivity contribution in [3.8, 4) is 10.6 Å². The van der Waals surface area contributed by atoms with Gasteiger partial charge in [0.15, 0.2) is 0 Å². The highest BCUT2D eigenvalue weighted by molar-refractivity contribution is 9.10. The van der Waals surface area contributed by atoms with E-state index in [9.17, 15) is 4.79 Å². The number of para-hydroxylation sites is 1. The lowest BCUT2D eigenvalue weighted by atomic mass is 10.0. The first-order valence-corrected chi connectivity index (χ1v) is 10.1. The average molecular weight is 433 g/mol. The Labute approximate surface area is 167 Å². The Morgan fingerprint density at radius 2 is 1.63 bits per heavy atom. The van der Waals surface area contributed by atoms with Crippen molar-refractivity contribution in [2.45, 2.75) is 0 Å². The molecular weight excluding hydrogens is 420 g/mol. The van der Waals surface area contributed by atoms with Crippen molar-refractivity contribution in [1.82, 2.24) is 4.98 Å². The Kier molecular flexibility index (Phi) is 3.92. The van der Waals surface area contributed by atoms with E-state index in [0.717, 1.165) is 36.3 Å². The summed E-state index contributed by atoms with van der Waals surface area (Å²) in [7, 11) is 0. The molecule has 0 fully saturated rings. The fourth-order valence-corrected chi connectivity index (χ4v) is 4.88. The number of anilines is 2. The van der Waals surface area contributed by atoms with Crippen LogP contribution in [0.25, 0.3) is 31.6 Å². The molecule has 0 spiro atoms. The number of rotatable bonds is 2. The first kappa shape index (κ1) is 16.4. The lowest BCUT2D eigenvalue weighted by Crippen LogP contribution is -2.11. The predicted octanol–water partition coefficient (Wildman–Crippen LogP) is 6.42. The second kappa shape index (κ2) is 6.44. The highest BCUT2D eigenvalue weighted by atomic mass is 79.9. The molecule has 5 rings (SSSR count). The number of nitrogens with zero attached hydrogens (tertiary/aromatic N) is 1. The molecule has 130 valence electrons. The number of halogens is 1. The van der Waals surface area contributed by atoms with Gasteiger partial charge in [-0.2, -0.15) is 0 Å². The summed E-state index contributed by atoms with van der Waals surface area (Å²) in [6, 6.07) is 23.5. The molecule has 0 radical (unpaired) electrons. The molecule has 3 aromatic carbocycles. The van der Waals surface area contributed by atoms with Crippen LogP contribution >= 0.6 is 27.3 Å². The molecule has 3 nitrogen and oxygen atoms in total. The number of hydrogen-bond donors (Lipinski definition) is 1. The van der Waals surface area contributed by atoms with E-state index in [1.807, 2.05) is 72.8 Å². The molecule has 3 aromatic rings. The van der Waals surface area contributed by atoms with Gasteiger partial charge in [0.05, 0.1) is 20.8 Å². The van der Waals surface area contributed by atoms with Gasteiger partial charge in [-0.15, -0.1) is 11.3 Å². The van der Waals surface area contributed by atoms with Crippen LogP contribution in [0, 0.1) is 0 Å². The zero-order valence-electron chi connectivity index (χ0n) is 14.1. The number of fused-ring (bicyclic) bond motifs is 4. The summed E-state index contributed by atoms with van der Waals surface area (Å²) in [5.74, 6) is 0. The maximum atomic E-state index is 13.3. The Bertz CT molecular complexity index is 1330. The van der Waals surface area contributed by atoms with Crippen LogP contribution in [0.4, 0.5) is 11.4 Å². The minimum atomic E-state index is -0.00523. The first-order chi connectivity index (χ1) is 13.2. The van der Waals surface area contributed by atoms with E-state index in [1.54, 1.807) is 11.3 Å². The van der Waals surface area contributed by atoms with Crippen LogP contribution in [0.2, 0.25) is 0 Å². The molecule has 1 aliphatic heterocycles. The van der Waals surface area contributed by atoms with Crippen molar-refractivity contribution in [2.75, 3.05) is 5.32 Å². The smallest absolute Gasteiger partial charge is 0.211 e. The molecule has 1 heterocycles. The van der Waals surface area contributed by atoms with Gasteiger partial charge in [-0.25, -0.2) is 4.98 Å². The SMILES string of the molecule is O=c1c(Nc2ccccc2)c2sc3cc(Br)ccc3nc-2c2ccccc12. The van der Waals surface area contributed by atoms with E-state index < -0.39 is 0 Å². The Morgan fingerprint density at radius 3 is 2.44 bits per heavy atom. The van der Waals surface area contributed by atoms with Crippen molar-refractivity contribution in [2.24, 2.45) is 0 Å². The second-order valence-corrected chi connectivity index (χ2v) is 8.21. The van der Waals surface area contributed by atoms with E-state index >= 15 is 0 Å². The summed E-state index contributed by atoms with van der Waals surface area (Å²) >= 11 is 5.11. The van der Waals surface area contributed by atoms with E-state index in [1.165, 1.54) is 0 Å². The maximum absolute atomic E-state index is 13.3. The number of aromatic nitrogens is 1. The van der Waals surface area contributed by atoms with Crippen molar-refractivity contribution in [3.05, 3.63) is 87.5 Å². The Morgan fingerprint density at radius 1 is 0.889 bits per heavy atom. The Hall–Kier alpha value is -2.76. The van der Waals surface area contributed by atoms with E-state index in [-0.39, 0.29) is 5.43 Å². The van der Waals surface area contributed by atoms with Crippen molar-refractivity contribution in [3.63, 3.8) is 0 Å². The summed E-state index contributed by atoms with van der Waals surface area (Å²) in [5, 5.41) is 4.90. The quantitative estimate of drug-likeness (QED) is 0.258. The minimum Gasteiger partial charge on any atom is -0.351 e. The van der Waals surface area contributed by atoms with Crippen LogP contribution in [0.1, 0.15) is 0 Å². The monoisotopic (exact) mass is 432 g/mol. The molecule has 1 N–H and O–H groups in total. The standard InChI is InChI=1S/C22H13BrN2OS/c23-13-10-11-17-18(12-13)27-22-19(25-17)15-8-4-5-9-16(15)21(26)20(22)24-14-6-2-1-3-7-14/h1-12,24H. The summed E-state index contributed by atoms with van der Waals surface area (Å²) in [6.45, 7) is 0. The fraction of sp³-hybridized carbons (Fsp3) is 0. The summed E-state index contributed by atoms with van der Waals surface area (Å²) < 4.78 is 2.02. The lowest BCUT2D eigenvalue weighted by molar-refractivity contribution is 1.43. The van der Waals surface area contributed by atoms with E-state index in [2.05, 4.69) is 21.2 Å². The molecule has 0 atom stereocenters. The summed E-state index contributed by atoms with van der Waals surface area (Å²) in [6.07, 6.45) is 0. The number of benzene rings is 4. The fourth-order valence-electron chi connectivity index (χ4n) is 3.25. The largest absolute Gasteiger partial charge is 0.351 e. The van der Waals surface area contributed by atoms with Gasteiger partial charge >= 0.3 is 0 Å². The van der Waals surface area contributed by atoms with Crippen LogP contribution in [-0.4, -0.2) is 4.98 Å². The second-order valence-electron chi connectivity index (χ2n) is 6.24. The van der Waals surface area contributed by atoms with Gasteiger partial charge < -0.3 is 5.32 Å². The van der Waals surface area contributed by atoms with Gasteiger partial charge in [0.2, 0.25) is 5.43 Å². The molecule has 0 unspecified atom stereocenters. The highest BCUT2D eigenvalue weighted by Gasteiger charge is 2.20. The average Bonchev–Trinajstić information content (AvgIpc) is 2.71. The molecule has 1 aliphatic carbocycles. The molecule has 5 heteroatoms. The molecular formula is C22H13BrN2OS. The maximum Gasteiger partial charge on any atom is 0.211 e. The normalized spacial score (nSPS) is 11.3. The van der Waals surface area contributed by atoms with Gasteiger partial charge in [-0.3, -0.25) is 4.79 Å². The van der Waals surface area contributed by atoms with Gasteiger partial charge in [-0.1, -0.05) is 58.4 Å². The van der Waals surface area contributed by atoms with Crippen LogP contribution in [0.5, 0.6) is 0 Å². The Balaban J connectivity index is 1.91. The molecule has 0 saturated heterocycles. The third-order valence-electron chi connectivity index (χ3n) is 4.51. The highest BCUT2D eigenvalue weighted by Crippen LogP contribution is 2.40. The molecule has 0 saturated carbocycles. The van der Waals surface area contributed by atoms with Crippen LogP contribution in [-0.2, 0) is 0 Å². The molecule has 0 amide bonds. The molecule has 2 aliphatic rings. The lowest BCUT2D eigenvalue weighted by Gasteiger charge is -2.16. The summed E-state index contributed by atoms with van der Waals surface area (Å²) in [4.78, 5) is 19.0. The topological polar surface area (TPSA) is 42.0 Å². The van der Waals surface area contributed by atoms with Gasteiger partial charge in [-0.05, 0) is 30.3 Å². The molecule has 27 heavy (non-hydrogen) atoms. The van der Waals surface area contributed by atoms with Crippen LogP contribution < -0.4 is 10.7 Å². The zero-order valence-corrected chi connectivity index (χ0v) is 16.5. The minimum absolute atomic E-state index is 0.00523. The van der Waals surface area contributed by atoms with Gasteiger partial charge in [0.25, 0.3) is 0 Å². The van der Waals surface area contributed by atoms with Gasteiger partial charge in [0.1, 0.15) is 5.69 Å². The van der Waals surface area contributed by atoms with E-state index in [4.69, 9.17) is 4.98 Å². The number of nitrogens with one attached hydrogen (secondary N) is 1. The van der Waals surface area contributed by atoms with Crippen molar-refractivity contribution < 1.29 is 0 Å². The molecule has 0 bridgehead atoms. The van der Waals surface area contributed by atoms with Crippen molar-refractivity contribution in [1.29, 1.82) is 0 Å². The predicted molar refractivity (Wildman–Crippen MR) is 117 cm³/mol. The summed E-state index contributed by atoms with van der Waals surface area (Å²) in [5.41, 5.74) is 3.23. The van der Waals surface area contributed by atoms with Gasteiger partial charge in [0, 0.05) is 20.9 Å². The third kappa shape index (κ3) is 2.80. The van der Waals surface area contributed by atoms with E-state index in [0.29, 0.717) is 11.1 Å². The van der Waals surface area contributed by atoms with Crippen molar-refractivity contribution >= 4 is 59.6 Å². The number of hydrogen-bond acceptors (Lipinski definition) is 4. The van der Waals surface area contributed by atoms with Crippen LogP contribution in [0.3, 0.4) is 0 Å².